The number of thiol groups is 1. The molecule has 1 heterocycles. The van der Waals surface area contributed by atoms with E-state index >= 15 is 0 Å². The maximum absolute atomic E-state index is 12.7. The number of carbonyl (C=O) groups is 2. The fourth-order valence-electron chi connectivity index (χ4n) is 3.69. The molecule has 23 heavy (non-hydrogen) atoms. The minimum atomic E-state index is -1.02. The number of nitrogens with zero attached hydrogens (tertiary/aromatic N) is 1. The summed E-state index contributed by atoms with van der Waals surface area (Å²) in [5, 5.41) is 9.78. The SMILES string of the molecule is CC(CS)C(=O)[N@+]1(C(=O)O)C[C@@H](CCc2ccccc2)CC1C. The Kier molecular flexibility index (Phi) is 5.87. The first kappa shape index (κ1) is 18.0. The molecule has 0 radical (unpaired) electrons. The van der Waals surface area contributed by atoms with Gasteiger partial charge in [0.1, 0.15) is 6.04 Å². The Morgan fingerprint density at radius 2 is 2.00 bits per heavy atom. The highest BCUT2D eigenvalue weighted by Gasteiger charge is 2.56. The van der Waals surface area contributed by atoms with Gasteiger partial charge in [-0.2, -0.15) is 21.9 Å². The fourth-order valence-corrected chi connectivity index (χ4v) is 3.84. The number of hydrogen-bond acceptors (Lipinski definition) is 3. The van der Waals surface area contributed by atoms with E-state index in [9.17, 15) is 14.7 Å². The van der Waals surface area contributed by atoms with E-state index in [4.69, 9.17) is 0 Å². The van der Waals surface area contributed by atoms with Crippen LogP contribution in [0.2, 0.25) is 0 Å². The van der Waals surface area contributed by atoms with Crippen LogP contribution in [0.4, 0.5) is 4.79 Å². The van der Waals surface area contributed by atoms with Crippen molar-refractivity contribution in [1.82, 2.24) is 0 Å². The van der Waals surface area contributed by atoms with Crippen molar-refractivity contribution < 1.29 is 19.2 Å². The first-order valence-electron chi connectivity index (χ1n) is 8.22. The number of quaternary nitrogens is 1. The lowest BCUT2D eigenvalue weighted by Crippen LogP contribution is -2.60. The Balaban J connectivity index is 2.10. The van der Waals surface area contributed by atoms with E-state index < -0.39 is 10.6 Å². The second-order valence-electron chi connectivity index (χ2n) is 6.73. The average molecular weight is 336 g/mol. The van der Waals surface area contributed by atoms with E-state index in [0.717, 1.165) is 19.3 Å². The van der Waals surface area contributed by atoms with Gasteiger partial charge in [-0.05, 0) is 32.3 Å². The third kappa shape index (κ3) is 3.61. The molecule has 1 N–H and O–H groups in total. The summed E-state index contributed by atoms with van der Waals surface area (Å²) in [6, 6.07) is 10.0. The zero-order chi connectivity index (χ0) is 17.0. The summed E-state index contributed by atoms with van der Waals surface area (Å²) in [4.78, 5) is 24.7. The van der Waals surface area contributed by atoms with Crippen molar-refractivity contribution in [2.75, 3.05) is 12.3 Å². The number of aryl methyl sites for hydroxylation is 1. The molecule has 2 unspecified atom stereocenters. The molecule has 1 aliphatic heterocycles. The number of benzene rings is 1. The quantitative estimate of drug-likeness (QED) is 0.638. The molecule has 1 aromatic carbocycles. The van der Waals surface area contributed by atoms with Gasteiger partial charge in [0, 0.05) is 18.1 Å². The number of imide groups is 1. The van der Waals surface area contributed by atoms with E-state index in [1.165, 1.54) is 5.56 Å². The van der Waals surface area contributed by atoms with Gasteiger partial charge in [0.15, 0.2) is 0 Å². The molecule has 0 aliphatic carbocycles. The largest absolute Gasteiger partial charge is 0.521 e. The lowest BCUT2D eigenvalue weighted by Gasteiger charge is -2.31. The third-order valence-electron chi connectivity index (χ3n) is 5.09. The number of likely N-dealkylation sites (tertiary alicyclic amines) is 1. The molecule has 1 aromatic rings. The van der Waals surface area contributed by atoms with E-state index in [1.807, 2.05) is 25.1 Å². The molecule has 2 amide bonds. The van der Waals surface area contributed by atoms with Gasteiger partial charge in [-0.1, -0.05) is 30.3 Å². The van der Waals surface area contributed by atoms with Crippen LogP contribution in [0.25, 0.3) is 0 Å². The maximum atomic E-state index is 12.7. The van der Waals surface area contributed by atoms with Crippen molar-refractivity contribution in [3.05, 3.63) is 35.9 Å². The first-order chi connectivity index (χ1) is 10.9. The van der Waals surface area contributed by atoms with Gasteiger partial charge in [-0.3, -0.25) is 0 Å². The van der Waals surface area contributed by atoms with Crippen LogP contribution in [-0.2, 0) is 11.2 Å². The summed E-state index contributed by atoms with van der Waals surface area (Å²) in [7, 11) is 0. The third-order valence-corrected chi connectivity index (χ3v) is 5.63. The Labute approximate surface area is 143 Å². The second kappa shape index (κ2) is 7.49. The van der Waals surface area contributed by atoms with Gasteiger partial charge in [0.2, 0.25) is 0 Å². The molecule has 0 saturated carbocycles. The topological polar surface area (TPSA) is 54.4 Å². The number of carboxylic acid groups (broad SMARTS) is 1. The molecule has 2 rings (SSSR count). The minimum Gasteiger partial charge on any atom is -0.435 e. The Morgan fingerprint density at radius 1 is 1.35 bits per heavy atom. The van der Waals surface area contributed by atoms with Gasteiger partial charge in [-0.25, -0.2) is 4.79 Å². The van der Waals surface area contributed by atoms with E-state index in [1.54, 1.807) is 6.92 Å². The van der Waals surface area contributed by atoms with Crippen molar-refractivity contribution in [1.29, 1.82) is 0 Å². The van der Waals surface area contributed by atoms with Gasteiger partial charge in [0.25, 0.3) is 0 Å². The zero-order valence-corrected chi connectivity index (χ0v) is 14.7. The summed E-state index contributed by atoms with van der Waals surface area (Å²) in [5.74, 6) is 0.0948. The Hall–Kier alpha value is -1.33. The first-order valence-corrected chi connectivity index (χ1v) is 8.85. The Morgan fingerprint density at radius 3 is 2.57 bits per heavy atom. The maximum Gasteiger partial charge on any atom is 0.521 e. The lowest BCUT2D eigenvalue weighted by atomic mass is 9.97. The van der Waals surface area contributed by atoms with Crippen molar-refractivity contribution in [2.45, 2.75) is 39.2 Å². The summed E-state index contributed by atoms with van der Waals surface area (Å²) < 4.78 is -0.429. The molecule has 0 spiro atoms. The summed E-state index contributed by atoms with van der Waals surface area (Å²) in [6.07, 6.45) is 1.61. The molecule has 4 nitrogen and oxygen atoms in total. The van der Waals surface area contributed by atoms with Crippen LogP contribution in [-0.4, -0.2) is 39.9 Å². The second-order valence-corrected chi connectivity index (χ2v) is 7.10. The number of rotatable bonds is 5. The van der Waals surface area contributed by atoms with Crippen LogP contribution in [0, 0.1) is 11.8 Å². The summed E-state index contributed by atoms with van der Waals surface area (Å²) >= 11 is 4.17. The van der Waals surface area contributed by atoms with E-state index in [2.05, 4.69) is 24.8 Å². The van der Waals surface area contributed by atoms with Crippen molar-refractivity contribution >= 4 is 24.6 Å². The van der Waals surface area contributed by atoms with Crippen LogP contribution < -0.4 is 0 Å². The van der Waals surface area contributed by atoms with Crippen LogP contribution >= 0.6 is 12.6 Å². The van der Waals surface area contributed by atoms with Gasteiger partial charge >= 0.3 is 12.0 Å². The molecule has 1 fully saturated rings. The predicted molar refractivity (Wildman–Crippen MR) is 93.5 cm³/mol. The molecule has 1 aliphatic rings. The van der Waals surface area contributed by atoms with Crippen LogP contribution in [0.3, 0.4) is 0 Å². The zero-order valence-electron chi connectivity index (χ0n) is 13.8. The summed E-state index contributed by atoms with van der Waals surface area (Å²) in [6.45, 7) is 4.06. The van der Waals surface area contributed by atoms with Crippen LogP contribution in [0.1, 0.15) is 32.3 Å². The molecule has 1 saturated heterocycles. The Bertz CT molecular complexity index is 563. The minimum absolute atomic E-state index is 0.178. The van der Waals surface area contributed by atoms with E-state index in [0.29, 0.717) is 12.3 Å². The average Bonchev–Trinajstić information content (AvgIpc) is 2.90. The number of hydrogen-bond donors (Lipinski definition) is 2. The highest BCUT2D eigenvalue weighted by atomic mass is 32.1. The van der Waals surface area contributed by atoms with Gasteiger partial charge in [-0.15, -0.1) is 0 Å². The monoisotopic (exact) mass is 336 g/mol. The molecule has 5 heteroatoms. The molecular formula is C18H26NO3S+. The molecule has 126 valence electrons. The fraction of sp³-hybridized carbons (Fsp3) is 0.556. The summed E-state index contributed by atoms with van der Waals surface area (Å²) in [5.41, 5.74) is 1.26. The predicted octanol–water partition coefficient (Wildman–Crippen LogP) is 3.61. The highest BCUT2D eigenvalue weighted by molar-refractivity contribution is 7.80. The van der Waals surface area contributed by atoms with Crippen molar-refractivity contribution in [3.63, 3.8) is 0 Å². The molecular weight excluding hydrogens is 310 g/mol. The van der Waals surface area contributed by atoms with Gasteiger partial charge in [0.05, 0.1) is 12.5 Å². The highest BCUT2D eigenvalue weighted by Crippen LogP contribution is 2.36. The molecule has 0 aromatic heterocycles. The van der Waals surface area contributed by atoms with Gasteiger partial charge < -0.3 is 5.11 Å². The molecule has 4 atom stereocenters. The van der Waals surface area contributed by atoms with Crippen molar-refractivity contribution in [3.8, 4) is 0 Å². The smallest absolute Gasteiger partial charge is 0.435 e. The van der Waals surface area contributed by atoms with Crippen LogP contribution in [0.5, 0.6) is 0 Å². The van der Waals surface area contributed by atoms with Crippen LogP contribution in [0.15, 0.2) is 30.3 Å². The normalized spacial score (nSPS) is 28.5. The standard InChI is InChI=1S/C18H25NO3S/c1-13(12-23)17(20)19(18(21)22)11-16(10-14(19)2)9-8-15-6-4-3-5-7-15/h3-7,13-14,16H,8-12H2,1-2H3,(H-,21,22,23)/p+1/t13?,14?,16-,19-/m0/s1. The van der Waals surface area contributed by atoms with Crippen molar-refractivity contribution in [2.24, 2.45) is 11.8 Å². The number of amides is 2. The molecule has 0 bridgehead atoms. The van der Waals surface area contributed by atoms with E-state index in [-0.39, 0.29) is 23.8 Å². The number of carbonyl (C=O) groups excluding carboxylic acids is 1. The lowest BCUT2D eigenvalue weighted by molar-refractivity contribution is -0.795.